The third-order valence-electron chi connectivity index (χ3n) is 9.47. The first kappa shape index (κ1) is 21.1. The Morgan fingerprint density at radius 1 is 1.06 bits per heavy atom. The van der Waals surface area contributed by atoms with Crippen LogP contribution in [0.25, 0.3) is 10.9 Å². The molecule has 1 heterocycles. The number of fused-ring (bicyclic) bond motifs is 4. The summed E-state index contributed by atoms with van der Waals surface area (Å²) in [5.74, 6) is 1.97. The lowest BCUT2D eigenvalue weighted by Crippen LogP contribution is -2.45. The molecule has 31 heavy (non-hydrogen) atoms. The van der Waals surface area contributed by atoms with E-state index in [-0.39, 0.29) is 11.2 Å². The minimum Gasteiger partial charge on any atom is -0.299 e. The van der Waals surface area contributed by atoms with Crippen LogP contribution in [0, 0.1) is 28.5 Å². The van der Waals surface area contributed by atoms with Gasteiger partial charge in [-0.1, -0.05) is 13.8 Å². The summed E-state index contributed by atoms with van der Waals surface area (Å²) in [6.07, 6.45) is 14.4. The third kappa shape index (κ3) is 3.94. The minimum atomic E-state index is -0.187. The van der Waals surface area contributed by atoms with Crippen molar-refractivity contribution in [2.75, 3.05) is 0 Å². The predicted octanol–water partition coefficient (Wildman–Crippen LogP) is 7.60. The van der Waals surface area contributed by atoms with Gasteiger partial charge in [0, 0.05) is 23.4 Å². The fourth-order valence-corrected chi connectivity index (χ4v) is 6.96. The highest BCUT2D eigenvalue weighted by Crippen LogP contribution is 2.57. The number of halogens is 1. The van der Waals surface area contributed by atoms with Crippen LogP contribution in [0.4, 0.5) is 4.39 Å². The molecular weight excluding hydrogens is 385 g/mol. The van der Waals surface area contributed by atoms with E-state index in [4.69, 9.17) is 0 Å². The molecule has 4 saturated carbocycles. The van der Waals surface area contributed by atoms with Crippen molar-refractivity contribution in [3.05, 3.63) is 41.8 Å². The van der Waals surface area contributed by atoms with Gasteiger partial charge in [0.2, 0.25) is 0 Å². The molecule has 1 aromatic heterocycles. The van der Waals surface area contributed by atoms with Gasteiger partial charge in [-0.15, -0.1) is 0 Å². The maximum atomic E-state index is 13.9. The van der Waals surface area contributed by atoms with Gasteiger partial charge >= 0.3 is 0 Å². The average molecular weight is 422 g/mol. The lowest BCUT2D eigenvalue weighted by molar-refractivity contribution is -0.138. The van der Waals surface area contributed by atoms with E-state index in [2.05, 4.69) is 24.9 Å². The molecular formula is C28H36FNO. The van der Waals surface area contributed by atoms with Gasteiger partial charge in [-0.2, -0.15) is 0 Å². The molecule has 0 spiro atoms. The number of hydrogen-bond donors (Lipinski definition) is 0. The summed E-state index contributed by atoms with van der Waals surface area (Å²) in [7, 11) is 0. The number of aromatic nitrogens is 1. The number of rotatable bonds is 5. The first-order chi connectivity index (χ1) is 14.9. The predicted molar refractivity (Wildman–Crippen MR) is 123 cm³/mol. The summed E-state index contributed by atoms with van der Waals surface area (Å²) in [4.78, 5) is 17.8. The minimum absolute atomic E-state index is 0.0171. The Hall–Kier alpha value is -1.77. The van der Waals surface area contributed by atoms with Gasteiger partial charge in [-0.3, -0.25) is 9.78 Å². The number of ketones is 1. The first-order valence-electron chi connectivity index (χ1n) is 12.5. The quantitative estimate of drug-likeness (QED) is 0.497. The van der Waals surface area contributed by atoms with Crippen LogP contribution >= 0.6 is 0 Å². The van der Waals surface area contributed by atoms with E-state index in [1.165, 1.54) is 43.7 Å². The molecule has 0 aliphatic heterocycles. The summed E-state index contributed by atoms with van der Waals surface area (Å²) < 4.78 is 13.9. The number of carbonyl (C=O) groups is 1. The van der Waals surface area contributed by atoms with Crippen LogP contribution in [0.2, 0.25) is 0 Å². The molecule has 6 rings (SSSR count). The maximum Gasteiger partial charge on any atom is 0.139 e. The molecule has 3 heteroatoms. The van der Waals surface area contributed by atoms with Crippen molar-refractivity contribution < 1.29 is 9.18 Å². The Kier molecular flexibility index (Phi) is 5.43. The van der Waals surface area contributed by atoms with Crippen molar-refractivity contribution >= 4 is 16.7 Å². The highest BCUT2D eigenvalue weighted by atomic mass is 19.1. The van der Waals surface area contributed by atoms with Gasteiger partial charge in [0.25, 0.3) is 0 Å². The SMILES string of the molecule is C[C@@H](CC(=O)C12CCC(C)(CC1)CC2)C1CCC(c2ccnc3ccc(F)cc23)CC1. The number of pyridine rings is 1. The standard InChI is InChI=1S/C28H36FNO/c1-19(17-26(31)28-13-10-27(2,11-14-28)12-15-28)20-3-5-21(6-4-20)23-9-16-30-25-8-7-22(29)18-24(23)25/h7-9,16,18-21H,3-6,10-15,17H2,1-2H3/t19-,20?,21?,27?,28?/m0/s1. The van der Waals surface area contributed by atoms with Crippen LogP contribution in [0.15, 0.2) is 30.5 Å². The molecule has 0 radical (unpaired) electrons. The highest BCUT2D eigenvalue weighted by Gasteiger charge is 2.50. The second-order valence-corrected chi connectivity index (χ2v) is 11.4. The number of carbonyl (C=O) groups excluding carboxylic acids is 1. The highest BCUT2D eigenvalue weighted by molar-refractivity contribution is 5.85. The van der Waals surface area contributed by atoms with Crippen molar-refractivity contribution in [2.24, 2.45) is 22.7 Å². The fourth-order valence-electron chi connectivity index (χ4n) is 6.96. The summed E-state index contributed by atoms with van der Waals surface area (Å²) in [6.45, 7) is 4.73. The van der Waals surface area contributed by atoms with Crippen LogP contribution in [-0.4, -0.2) is 10.8 Å². The zero-order valence-corrected chi connectivity index (χ0v) is 19.1. The number of nitrogens with zero attached hydrogens (tertiary/aromatic N) is 1. The molecule has 0 unspecified atom stereocenters. The zero-order valence-electron chi connectivity index (χ0n) is 19.1. The van der Waals surface area contributed by atoms with E-state index >= 15 is 0 Å². The molecule has 1 atom stereocenters. The summed E-state index contributed by atoms with van der Waals surface area (Å²) >= 11 is 0. The van der Waals surface area contributed by atoms with Gasteiger partial charge in [-0.25, -0.2) is 4.39 Å². The van der Waals surface area contributed by atoms with Crippen LogP contribution in [0.1, 0.15) is 96.0 Å². The monoisotopic (exact) mass is 421 g/mol. The van der Waals surface area contributed by atoms with Gasteiger partial charge in [0.05, 0.1) is 5.52 Å². The molecule has 4 aliphatic rings. The van der Waals surface area contributed by atoms with Crippen LogP contribution < -0.4 is 0 Å². The number of Topliss-reactive ketones (excluding diaryl/α,β-unsaturated/α-hetero) is 1. The van der Waals surface area contributed by atoms with E-state index in [0.29, 0.717) is 29.0 Å². The number of benzene rings is 1. The lowest BCUT2D eigenvalue weighted by Gasteiger charge is -2.51. The summed E-state index contributed by atoms with van der Waals surface area (Å²) in [5.41, 5.74) is 2.67. The van der Waals surface area contributed by atoms with Crippen molar-refractivity contribution in [1.82, 2.24) is 4.98 Å². The smallest absolute Gasteiger partial charge is 0.139 e. The van der Waals surface area contributed by atoms with E-state index in [9.17, 15) is 9.18 Å². The Bertz CT molecular complexity index is 950. The molecule has 2 nitrogen and oxygen atoms in total. The van der Waals surface area contributed by atoms with Crippen LogP contribution in [0.3, 0.4) is 0 Å². The molecule has 4 fully saturated rings. The van der Waals surface area contributed by atoms with E-state index in [1.807, 2.05) is 6.20 Å². The Labute approximate surface area is 186 Å². The lowest BCUT2D eigenvalue weighted by atomic mass is 9.52. The normalized spacial score (nSPS) is 34.0. The maximum absolute atomic E-state index is 13.9. The average Bonchev–Trinajstić information content (AvgIpc) is 2.79. The Morgan fingerprint density at radius 3 is 2.42 bits per heavy atom. The van der Waals surface area contributed by atoms with Crippen molar-refractivity contribution in [3.8, 4) is 0 Å². The molecule has 166 valence electrons. The third-order valence-corrected chi connectivity index (χ3v) is 9.47. The molecule has 0 N–H and O–H groups in total. The largest absolute Gasteiger partial charge is 0.299 e. The van der Waals surface area contributed by atoms with E-state index < -0.39 is 0 Å². The van der Waals surface area contributed by atoms with Gasteiger partial charge in [0.15, 0.2) is 0 Å². The van der Waals surface area contributed by atoms with Gasteiger partial charge in [-0.05, 0) is 117 Å². The summed E-state index contributed by atoms with van der Waals surface area (Å²) in [5, 5.41) is 0.967. The zero-order chi connectivity index (χ0) is 21.6. The van der Waals surface area contributed by atoms with Crippen molar-refractivity contribution in [1.29, 1.82) is 0 Å². The van der Waals surface area contributed by atoms with Crippen molar-refractivity contribution in [2.45, 2.75) is 90.4 Å². The van der Waals surface area contributed by atoms with Crippen LogP contribution in [0.5, 0.6) is 0 Å². The Morgan fingerprint density at radius 2 is 1.74 bits per heavy atom. The Balaban J connectivity index is 1.21. The topological polar surface area (TPSA) is 30.0 Å². The first-order valence-corrected chi connectivity index (χ1v) is 12.5. The van der Waals surface area contributed by atoms with E-state index in [0.717, 1.165) is 49.4 Å². The molecule has 0 amide bonds. The molecule has 2 aromatic rings. The second-order valence-electron chi connectivity index (χ2n) is 11.4. The van der Waals surface area contributed by atoms with Crippen molar-refractivity contribution in [3.63, 3.8) is 0 Å². The van der Waals surface area contributed by atoms with E-state index in [1.54, 1.807) is 12.1 Å². The molecule has 4 aliphatic carbocycles. The molecule has 2 bridgehead atoms. The summed E-state index contributed by atoms with van der Waals surface area (Å²) in [6, 6.07) is 7.00. The molecule has 0 saturated heterocycles. The van der Waals surface area contributed by atoms with Gasteiger partial charge < -0.3 is 0 Å². The van der Waals surface area contributed by atoms with Gasteiger partial charge in [0.1, 0.15) is 11.6 Å². The second kappa shape index (κ2) is 7.98. The number of hydrogen-bond acceptors (Lipinski definition) is 2. The molecule has 1 aromatic carbocycles. The van der Waals surface area contributed by atoms with Crippen LogP contribution in [-0.2, 0) is 4.79 Å². The fraction of sp³-hybridized carbons (Fsp3) is 0.643.